The third kappa shape index (κ3) is 4.63. The molecule has 1 unspecified atom stereocenters. The van der Waals surface area contributed by atoms with Gasteiger partial charge in [0.05, 0.1) is 0 Å². The number of benzene rings is 1. The molecule has 0 aliphatic carbocycles. The fraction of sp³-hybridized carbons (Fsp3) is 0.647. The van der Waals surface area contributed by atoms with Crippen LogP contribution in [-0.2, 0) is 13.1 Å². The zero-order valence-corrected chi connectivity index (χ0v) is 12.7. The Morgan fingerprint density at radius 3 is 2.68 bits per heavy atom. The monoisotopic (exact) mass is 260 g/mol. The van der Waals surface area contributed by atoms with Gasteiger partial charge in [0.2, 0.25) is 0 Å². The average Bonchev–Trinajstić information content (AvgIpc) is 2.38. The third-order valence-electron chi connectivity index (χ3n) is 3.95. The second kappa shape index (κ2) is 7.06. The van der Waals surface area contributed by atoms with Gasteiger partial charge in [0.25, 0.3) is 0 Å². The molecule has 1 aromatic rings. The van der Waals surface area contributed by atoms with Crippen molar-refractivity contribution in [2.45, 2.75) is 52.7 Å². The Labute approximate surface area is 118 Å². The van der Waals surface area contributed by atoms with Crippen LogP contribution in [0.2, 0.25) is 0 Å². The minimum Gasteiger partial charge on any atom is -0.310 e. The van der Waals surface area contributed by atoms with Gasteiger partial charge in [-0.25, -0.2) is 0 Å². The Bertz CT molecular complexity index is 387. The Morgan fingerprint density at radius 2 is 2.00 bits per heavy atom. The quantitative estimate of drug-likeness (QED) is 0.872. The van der Waals surface area contributed by atoms with Gasteiger partial charge >= 0.3 is 0 Å². The van der Waals surface area contributed by atoms with Crippen molar-refractivity contribution in [3.8, 4) is 0 Å². The summed E-state index contributed by atoms with van der Waals surface area (Å²) in [6.07, 6.45) is 2.75. The van der Waals surface area contributed by atoms with Crippen molar-refractivity contribution in [2.75, 3.05) is 13.1 Å². The predicted molar refractivity (Wildman–Crippen MR) is 82.1 cm³/mol. The summed E-state index contributed by atoms with van der Waals surface area (Å²) in [4.78, 5) is 2.61. The minimum atomic E-state index is 0.545. The highest BCUT2D eigenvalue weighted by Gasteiger charge is 2.17. The van der Waals surface area contributed by atoms with Crippen LogP contribution < -0.4 is 5.32 Å². The van der Waals surface area contributed by atoms with Crippen molar-refractivity contribution < 1.29 is 0 Å². The summed E-state index contributed by atoms with van der Waals surface area (Å²) >= 11 is 0. The molecule has 1 aromatic carbocycles. The lowest BCUT2D eigenvalue weighted by molar-refractivity contribution is 0.176. The maximum Gasteiger partial charge on any atom is 0.0237 e. The van der Waals surface area contributed by atoms with E-state index in [2.05, 4.69) is 55.3 Å². The highest BCUT2D eigenvalue weighted by molar-refractivity contribution is 5.27. The van der Waals surface area contributed by atoms with Crippen molar-refractivity contribution in [3.05, 3.63) is 35.4 Å². The first kappa shape index (κ1) is 14.5. The lowest BCUT2D eigenvalue weighted by atomic mass is 9.99. The second-order valence-electron chi connectivity index (χ2n) is 6.29. The number of hydrogen-bond acceptors (Lipinski definition) is 2. The van der Waals surface area contributed by atoms with Crippen LogP contribution in [0.1, 0.15) is 44.7 Å². The predicted octanol–water partition coefficient (Wildman–Crippen LogP) is 3.42. The van der Waals surface area contributed by atoms with Gasteiger partial charge in [0.1, 0.15) is 0 Å². The van der Waals surface area contributed by atoms with E-state index in [1.165, 1.54) is 37.1 Å². The van der Waals surface area contributed by atoms with Crippen molar-refractivity contribution >= 4 is 0 Å². The molecule has 1 aliphatic rings. The van der Waals surface area contributed by atoms with E-state index in [9.17, 15) is 0 Å². The largest absolute Gasteiger partial charge is 0.310 e. The van der Waals surface area contributed by atoms with Crippen LogP contribution in [-0.4, -0.2) is 24.0 Å². The summed E-state index contributed by atoms with van der Waals surface area (Å²) in [6, 6.07) is 9.42. The van der Waals surface area contributed by atoms with Gasteiger partial charge in [-0.2, -0.15) is 0 Å². The first-order valence-electron chi connectivity index (χ1n) is 7.67. The molecule has 1 atom stereocenters. The number of hydrogen-bond donors (Lipinski definition) is 1. The van der Waals surface area contributed by atoms with Crippen molar-refractivity contribution in [1.82, 2.24) is 10.2 Å². The summed E-state index contributed by atoms with van der Waals surface area (Å²) in [5.41, 5.74) is 2.94. The van der Waals surface area contributed by atoms with Crippen LogP contribution in [0.4, 0.5) is 0 Å². The first-order chi connectivity index (χ1) is 9.15. The first-order valence-corrected chi connectivity index (χ1v) is 7.67. The van der Waals surface area contributed by atoms with Crippen LogP contribution in [0.15, 0.2) is 24.3 Å². The normalized spacial score (nSPS) is 20.9. The SMILES string of the molecule is CC1CCCN(Cc2ccccc2CNC(C)C)C1. The molecular formula is C17H28N2. The van der Waals surface area contributed by atoms with Gasteiger partial charge in [0, 0.05) is 25.7 Å². The van der Waals surface area contributed by atoms with Gasteiger partial charge < -0.3 is 5.32 Å². The van der Waals surface area contributed by atoms with Crippen LogP contribution in [0.5, 0.6) is 0 Å². The Kier molecular flexibility index (Phi) is 5.41. The molecular weight excluding hydrogens is 232 g/mol. The average molecular weight is 260 g/mol. The molecule has 19 heavy (non-hydrogen) atoms. The molecule has 0 saturated carbocycles. The van der Waals surface area contributed by atoms with E-state index in [0.717, 1.165) is 19.0 Å². The smallest absolute Gasteiger partial charge is 0.0237 e. The molecule has 1 fully saturated rings. The van der Waals surface area contributed by atoms with E-state index in [0.29, 0.717) is 6.04 Å². The van der Waals surface area contributed by atoms with Crippen LogP contribution in [0, 0.1) is 5.92 Å². The highest BCUT2D eigenvalue weighted by Crippen LogP contribution is 2.19. The molecule has 0 aromatic heterocycles. The zero-order chi connectivity index (χ0) is 13.7. The lowest BCUT2D eigenvalue weighted by Gasteiger charge is -2.31. The van der Waals surface area contributed by atoms with E-state index in [1.54, 1.807) is 0 Å². The summed E-state index contributed by atoms with van der Waals surface area (Å²) < 4.78 is 0. The number of nitrogens with one attached hydrogen (secondary N) is 1. The number of piperidine rings is 1. The molecule has 2 rings (SSSR count). The Morgan fingerprint density at radius 1 is 1.26 bits per heavy atom. The fourth-order valence-electron chi connectivity index (χ4n) is 2.87. The lowest BCUT2D eigenvalue weighted by Crippen LogP contribution is -2.34. The van der Waals surface area contributed by atoms with Crippen LogP contribution >= 0.6 is 0 Å². The van der Waals surface area contributed by atoms with E-state index in [-0.39, 0.29) is 0 Å². The molecule has 1 N–H and O–H groups in total. The highest BCUT2D eigenvalue weighted by atomic mass is 15.1. The Balaban J connectivity index is 1.98. The fourth-order valence-corrected chi connectivity index (χ4v) is 2.87. The molecule has 0 spiro atoms. The summed E-state index contributed by atoms with van der Waals surface area (Å²) in [6.45, 7) is 11.4. The van der Waals surface area contributed by atoms with Crippen molar-refractivity contribution in [2.24, 2.45) is 5.92 Å². The Hall–Kier alpha value is -0.860. The molecule has 1 saturated heterocycles. The van der Waals surface area contributed by atoms with Gasteiger partial charge in [-0.3, -0.25) is 4.90 Å². The zero-order valence-electron chi connectivity index (χ0n) is 12.7. The topological polar surface area (TPSA) is 15.3 Å². The summed E-state index contributed by atoms with van der Waals surface area (Å²) in [7, 11) is 0. The minimum absolute atomic E-state index is 0.545. The summed E-state index contributed by atoms with van der Waals surface area (Å²) in [5, 5.41) is 3.53. The molecule has 2 heteroatoms. The summed E-state index contributed by atoms with van der Waals surface area (Å²) in [5.74, 6) is 0.856. The molecule has 2 nitrogen and oxygen atoms in total. The van der Waals surface area contributed by atoms with Crippen molar-refractivity contribution in [1.29, 1.82) is 0 Å². The van der Waals surface area contributed by atoms with Gasteiger partial charge in [0.15, 0.2) is 0 Å². The maximum atomic E-state index is 3.53. The molecule has 0 amide bonds. The van der Waals surface area contributed by atoms with Gasteiger partial charge in [-0.15, -0.1) is 0 Å². The number of rotatable bonds is 5. The second-order valence-corrected chi connectivity index (χ2v) is 6.29. The number of nitrogens with zero attached hydrogens (tertiary/aromatic N) is 1. The van der Waals surface area contributed by atoms with E-state index in [1.807, 2.05) is 0 Å². The van der Waals surface area contributed by atoms with Crippen molar-refractivity contribution in [3.63, 3.8) is 0 Å². The standard InChI is InChI=1S/C17H28N2/c1-14(2)18-11-16-8-4-5-9-17(16)13-19-10-6-7-15(3)12-19/h4-5,8-9,14-15,18H,6-7,10-13H2,1-3H3. The molecule has 1 aliphatic heterocycles. The molecule has 106 valence electrons. The van der Waals surface area contributed by atoms with E-state index >= 15 is 0 Å². The number of likely N-dealkylation sites (tertiary alicyclic amines) is 1. The van der Waals surface area contributed by atoms with E-state index < -0.39 is 0 Å². The maximum absolute atomic E-state index is 3.53. The molecule has 0 radical (unpaired) electrons. The van der Waals surface area contributed by atoms with E-state index in [4.69, 9.17) is 0 Å². The van der Waals surface area contributed by atoms with Crippen LogP contribution in [0.3, 0.4) is 0 Å². The molecule has 0 bridgehead atoms. The third-order valence-corrected chi connectivity index (χ3v) is 3.95. The van der Waals surface area contributed by atoms with Gasteiger partial charge in [-0.05, 0) is 36.4 Å². The van der Waals surface area contributed by atoms with Gasteiger partial charge in [-0.1, -0.05) is 45.0 Å². The molecule has 1 heterocycles. The van der Waals surface area contributed by atoms with Crippen LogP contribution in [0.25, 0.3) is 0 Å².